The smallest absolute Gasteiger partial charge is 0.345 e. The molecule has 2 rings (SSSR count). The van der Waals surface area contributed by atoms with Crippen LogP contribution in [0.2, 0.25) is 0 Å². The van der Waals surface area contributed by atoms with Crippen LogP contribution in [0.3, 0.4) is 0 Å². The van der Waals surface area contributed by atoms with Crippen LogP contribution >= 0.6 is 10.7 Å². The molecule has 0 unspecified atom stereocenters. The third kappa shape index (κ3) is 2.22. The minimum absolute atomic E-state index is 0.0213. The highest BCUT2D eigenvalue weighted by Gasteiger charge is 2.33. The SMILES string of the molecule is O=S(=O)(Cl)c1c[nH]c2nc(C(F)(F)F)ccc12. The largest absolute Gasteiger partial charge is 0.433 e. The van der Waals surface area contributed by atoms with Crippen LogP contribution in [0.4, 0.5) is 13.2 Å². The van der Waals surface area contributed by atoms with E-state index in [0.29, 0.717) is 6.07 Å². The maximum atomic E-state index is 12.3. The summed E-state index contributed by atoms with van der Waals surface area (Å²) in [6.07, 6.45) is -3.58. The van der Waals surface area contributed by atoms with Gasteiger partial charge in [-0.3, -0.25) is 0 Å². The molecule has 0 saturated carbocycles. The van der Waals surface area contributed by atoms with E-state index in [1.165, 1.54) is 0 Å². The molecule has 0 atom stereocenters. The molecule has 0 aliphatic heterocycles. The molecule has 2 aromatic rings. The highest BCUT2D eigenvalue weighted by molar-refractivity contribution is 8.14. The van der Waals surface area contributed by atoms with Crippen molar-refractivity contribution in [3.63, 3.8) is 0 Å². The molecule has 1 N–H and O–H groups in total. The van der Waals surface area contributed by atoms with Crippen LogP contribution in [0.25, 0.3) is 11.0 Å². The summed E-state index contributed by atoms with van der Waals surface area (Å²) in [5, 5.41) is 0.0213. The zero-order chi connectivity index (χ0) is 12.8. The first kappa shape index (κ1) is 12.2. The number of hydrogen-bond donors (Lipinski definition) is 1. The van der Waals surface area contributed by atoms with E-state index in [-0.39, 0.29) is 15.9 Å². The van der Waals surface area contributed by atoms with Gasteiger partial charge in [0.2, 0.25) is 0 Å². The van der Waals surface area contributed by atoms with E-state index < -0.39 is 20.9 Å². The van der Waals surface area contributed by atoms with Crippen molar-refractivity contribution in [3.05, 3.63) is 24.0 Å². The summed E-state index contributed by atoms with van der Waals surface area (Å²) in [7, 11) is 1.10. The van der Waals surface area contributed by atoms with Crippen molar-refractivity contribution in [2.45, 2.75) is 11.1 Å². The molecule has 0 amide bonds. The van der Waals surface area contributed by atoms with Gasteiger partial charge in [0.1, 0.15) is 16.2 Å². The summed E-state index contributed by atoms with van der Waals surface area (Å²) in [6.45, 7) is 0. The number of alkyl halides is 3. The number of aromatic nitrogens is 2. The molecule has 92 valence electrons. The number of nitrogens with one attached hydrogen (secondary N) is 1. The summed E-state index contributed by atoms with van der Waals surface area (Å²) >= 11 is 0. The van der Waals surface area contributed by atoms with Gasteiger partial charge in [0.15, 0.2) is 0 Å². The van der Waals surface area contributed by atoms with Crippen molar-refractivity contribution in [2.75, 3.05) is 0 Å². The third-order valence-corrected chi connectivity index (χ3v) is 3.42. The lowest BCUT2D eigenvalue weighted by Gasteiger charge is -2.04. The fraction of sp³-hybridized carbons (Fsp3) is 0.125. The Kier molecular flexibility index (Phi) is 2.58. The first-order valence-corrected chi connectivity index (χ1v) is 6.50. The predicted molar refractivity (Wildman–Crippen MR) is 54.1 cm³/mol. The van der Waals surface area contributed by atoms with Crippen molar-refractivity contribution in [1.29, 1.82) is 0 Å². The van der Waals surface area contributed by atoms with Gasteiger partial charge < -0.3 is 4.98 Å². The van der Waals surface area contributed by atoms with E-state index in [2.05, 4.69) is 9.97 Å². The van der Waals surface area contributed by atoms with Gasteiger partial charge in [-0.05, 0) is 12.1 Å². The minimum Gasteiger partial charge on any atom is -0.345 e. The molecular weight excluding hydrogens is 281 g/mol. The number of nitrogens with zero attached hydrogens (tertiary/aromatic N) is 1. The summed E-state index contributed by atoms with van der Waals surface area (Å²) in [6, 6.07) is 1.71. The standard InChI is InChI=1S/C8H4ClF3N2O2S/c9-17(15,16)5-3-13-7-4(5)1-2-6(14-7)8(10,11)12/h1-3H,(H,13,14). The molecule has 0 aliphatic carbocycles. The molecule has 2 heterocycles. The van der Waals surface area contributed by atoms with Gasteiger partial charge in [0.25, 0.3) is 9.05 Å². The van der Waals surface area contributed by atoms with E-state index in [1.807, 2.05) is 0 Å². The van der Waals surface area contributed by atoms with Gasteiger partial charge in [-0.1, -0.05) is 0 Å². The molecule has 0 spiro atoms. The van der Waals surface area contributed by atoms with Crippen LogP contribution in [0.1, 0.15) is 5.69 Å². The minimum atomic E-state index is -4.58. The number of halogens is 4. The van der Waals surface area contributed by atoms with Gasteiger partial charge in [-0.2, -0.15) is 13.2 Å². The number of fused-ring (bicyclic) bond motifs is 1. The molecule has 9 heteroatoms. The lowest BCUT2D eigenvalue weighted by molar-refractivity contribution is -0.141. The van der Waals surface area contributed by atoms with Crippen LogP contribution in [0.15, 0.2) is 23.2 Å². The van der Waals surface area contributed by atoms with Crippen molar-refractivity contribution in [3.8, 4) is 0 Å². The molecule has 0 radical (unpaired) electrons. The normalized spacial score (nSPS) is 13.2. The van der Waals surface area contributed by atoms with Crippen molar-refractivity contribution >= 4 is 30.8 Å². The van der Waals surface area contributed by atoms with Gasteiger partial charge in [-0.25, -0.2) is 13.4 Å². The number of H-pyrrole nitrogens is 1. The molecule has 0 bridgehead atoms. The molecule has 17 heavy (non-hydrogen) atoms. The zero-order valence-electron chi connectivity index (χ0n) is 7.92. The molecule has 0 fully saturated rings. The van der Waals surface area contributed by atoms with Crippen molar-refractivity contribution < 1.29 is 21.6 Å². The second kappa shape index (κ2) is 3.61. The number of pyridine rings is 1. The highest BCUT2D eigenvalue weighted by atomic mass is 35.7. The average Bonchev–Trinajstić information content (AvgIpc) is 2.57. The van der Waals surface area contributed by atoms with Gasteiger partial charge in [0, 0.05) is 22.3 Å². The molecular formula is C8H4ClF3N2O2S. The second-order valence-electron chi connectivity index (χ2n) is 3.18. The Hall–Kier alpha value is -1.28. The van der Waals surface area contributed by atoms with Gasteiger partial charge in [0.05, 0.1) is 0 Å². The Morgan fingerprint density at radius 3 is 2.47 bits per heavy atom. The molecule has 0 saturated heterocycles. The highest BCUT2D eigenvalue weighted by Crippen LogP contribution is 2.31. The van der Waals surface area contributed by atoms with Crippen LogP contribution in [0, 0.1) is 0 Å². The zero-order valence-corrected chi connectivity index (χ0v) is 9.49. The van der Waals surface area contributed by atoms with E-state index >= 15 is 0 Å². The van der Waals surface area contributed by atoms with E-state index in [4.69, 9.17) is 10.7 Å². The van der Waals surface area contributed by atoms with Crippen LogP contribution < -0.4 is 0 Å². The fourth-order valence-electron chi connectivity index (χ4n) is 1.34. The first-order chi connectivity index (χ1) is 7.69. The van der Waals surface area contributed by atoms with Crippen LogP contribution in [0.5, 0.6) is 0 Å². The number of rotatable bonds is 1. The molecule has 2 aromatic heterocycles. The molecule has 0 aromatic carbocycles. The fourth-order valence-corrected chi connectivity index (χ4v) is 2.35. The van der Waals surface area contributed by atoms with Crippen LogP contribution in [-0.4, -0.2) is 18.4 Å². The average molecular weight is 285 g/mol. The van der Waals surface area contributed by atoms with Gasteiger partial charge in [-0.15, -0.1) is 0 Å². The maximum Gasteiger partial charge on any atom is 0.433 e. The topological polar surface area (TPSA) is 62.8 Å². The van der Waals surface area contributed by atoms with Crippen molar-refractivity contribution in [1.82, 2.24) is 9.97 Å². The summed E-state index contributed by atoms with van der Waals surface area (Å²) < 4.78 is 59.2. The summed E-state index contributed by atoms with van der Waals surface area (Å²) in [5.41, 5.74) is -1.29. The Labute approximate surface area is 97.8 Å². The lowest BCUT2D eigenvalue weighted by Crippen LogP contribution is -2.07. The quantitative estimate of drug-likeness (QED) is 0.819. The number of hydrogen-bond acceptors (Lipinski definition) is 3. The lowest BCUT2D eigenvalue weighted by atomic mass is 10.3. The third-order valence-electron chi connectivity index (χ3n) is 2.05. The second-order valence-corrected chi connectivity index (χ2v) is 5.72. The summed E-state index contributed by atoms with van der Waals surface area (Å²) in [5.74, 6) is 0. The van der Waals surface area contributed by atoms with Crippen molar-refractivity contribution in [2.24, 2.45) is 0 Å². The Morgan fingerprint density at radius 2 is 1.94 bits per heavy atom. The van der Waals surface area contributed by atoms with E-state index in [1.54, 1.807) is 0 Å². The van der Waals surface area contributed by atoms with Crippen LogP contribution in [-0.2, 0) is 15.2 Å². The Balaban J connectivity index is 2.69. The Morgan fingerprint density at radius 1 is 1.29 bits per heavy atom. The Bertz CT molecular complexity index is 678. The van der Waals surface area contributed by atoms with E-state index in [0.717, 1.165) is 12.3 Å². The maximum absolute atomic E-state index is 12.3. The monoisotopic (exact) mass is 284 g/mol. The van der Waals surface area contributed by atoms with Gasteiger partial charge >= 0.3 is 6.18 Å². The first-order valence-electron chi connectivity index (χ1n) is 4.19. The number of aromatic amines is 1. The van der Waals surface area contributed by atoms with E-state index in [9.17, 15) is 21.6 Å². The summed E-state index contributed by atoms with van der Waals surface area (Å²) in [4.78, 5) is 5.31. The predicted octanol–water partition coefficient (Wildman–Crippen LogP) is 2.51. The molecule has 4 nitrogen and oxygen atoms in total. The molecule has 0 aliphatic rings.